The van der Waals surface area contributed by atoms with Gasteiger partial charge in [0.15, 0.2) is 0 Å². The molecule has 1 heterocycles. The summed E-state index contributed by atoms with van der Waals surface area (Å²) in [7, 11) is 1.45. The van der Waals surface area contributed by atoms with Crippen molar-refractivity contribution in [2.45, 2.75) is 6.92 Å². The molecular formula is C23H21N5O4. The molecule has 0 atom stereocenters. The van der Waals surface area contributed by atoms with Crippen molar-refractivity contribution in [1.29, 1.82) is 5.41 Å². The molecule has 2 amide bonds. The predicted octanol–water partition coefficient (Wildman–Crippen LogP) is 2.65. The van der Waals surface area contributed by atoms with E-state index in [1.54, 1.807) is 43.3 Å². The molecule has 6 N–H and O–H groups in total. The molecule has 0 bridgehead atoms. The number of amidine groups is 1. The predicted molar refractivity (Wildman–Crippen MR) is 120 cm³/mol. The Morgan fingerprint density at radius 2 is 1.56 bits per heavy atom. The number of aromatic carboxylic acids is 1. The van der Waals surface area contributed by atoms with Gasteiger partial charge in [-0.3, -0.25) is 15.0 Å². The summed E-state index contributed by atoms with van der Waals surface area (Å²) in [6.07, 6.45) is 0. The van der Waals surface area contributed by atoms with E-state index >= 15 is 0 Å². The number of hydrogen-bond donors (Lipinski definition) is 5. The van der Waals surface area contributed by atoms with Crippen molar-refractivity contribution in [3.05, 3.63) is 82.7 Å². The third kappa shape index (κ3) is 4.62. The Hall–Kier alpha value is -4.53. The number of anilines is 1. The van der Waals surface area contributed by atoms with Gasteiger partial charge in [-0.15, -0.1) is 0 Å². The molecule has 0 aliphatic heterocycles. The van der Waals surface area contributed by atoms with Crippen LogP contribution in [0.5, 0.6) is 0 Å². The lowest BCUT2D eigenvalue weighted by Crippen LogP contribution is -2.19. The van der Waals surface area contributed by atoms with E-state index in [1.807, 2.05) is 0 Å². The Balaban J connectivity index is 2.05. The molecule has 9 nitrogen and oxygen atoms in total. The molecule has 0 aliphatic rings. The van der Waals surface area contributed by atoms with Crippen LogP contribution in [0.1, 0.15) is 42.5 Å². The second-order valence-corrected chi connectivity index (χ2v) is 6.94. The molecule has 3 rings (SSSR count). The minimum absolute atomic E-state index is 0.0378. The highest BCUT2D eigenvalue weighted by Gasteiger charge is 2.21. The smallest absolute Gasteiger partial charge is 0.336 e. The van der Waals surface area contributed by atoms with Gasteiger partial charge in [-0.05, 0) is 55.0 Å². The lowest BCUT2D eigenvalue weighted by molar-refractivity contribution is 0.0697. The molecule has 1 aromatic heterocycles. The molecule has 32 heavy (non-hydrogen) atoms. The van der Waals surface area contributed by atoms with Crippen LogP contribution in [-0.4, -0.2) is 40.8 Å². The van der Waals surface area contributed by atoms with Crippen LogP contribution in [-0.2, 0) is 0 Å². The Morgan fingerprint density at radius 1 is 0.938 bits per heavy atom. The molecule has 0 saturated carbocycles. The number of amides is 2. The van der Waals surface area contributed by atoms with Crippen LogP contribution in [0, 0.1) is 12.3 Å². The van der Waals surface area contributed by atoms with E-state index in [9.17, 15) is 19.5 Å². The van der Waals surface area contributed by atoms with Crippen molar-refractivity contribution >= 4 is 29.3 Å². The first-order chi connectivity index (χ1) is 15.2. The van der Waals surface area contributed by atoms with Crippen molar-refractivity contribution in [3.8, 4) is 11.1 Å². The lowest BCUT2D eigenvalue weighted by Gasteiger charge is -2.14. The fourth-order valence-corrected chi connectivity index (χ4v) is 3.11. The SMILES string of the molecule is CNC(=O)c1ccc(-c2ccc(C)nc2C(=O)Nc2ccc(C(=N)N)cc2)c(C(=O)O)c1. The minimum Gasteiger partial charge on any atom is -0.478 e. The summed E-state index contributed by atoms with van der Waals surface area (Å²) in [4.78, 5) is 41.2. The van der Waals surface area contributed by atoms with Crippen LogP contribution >= 0.6 is 0 Å². The Morgan fingerprint density at radius 3 is 2.16 bits per heavy atom. The van der Waals surface area contributed by atoms with Crippen LogP contribution in [0.2, 0.25) is 0 Å². The number of hydrogen-bond acceptors (Lipinski definition) is 5. The number of nitrogens with one attached hydrogen (secondary N) is 3. The number of aromatic nitrogens is 1. The first-order valence-corrected chi connectivity index (χ1v) is 9.54. The van der Waals surface area contributed by atoms with E-state index in [2.05, 4.69) is 15.6 Å². The monoisotopic (exact) mass is 431 g/mol. The number of pyridine rings is 1. The van der Waals surface area contributed by atoms with Gasteiger partial charge in [0.05, 0.1) is 5.56 Å². The Bertz CT molecular complexity index is 1240. The highest BCUT2D eigenvalue weighted by atomic mass is 16.4. The number of aryl methyl sites for hydroxylation is 1. The highest BCUT2D eigenvalue weighted by Crippen LogP contribution is 2.28. The van der Waals surface area contributed by atoms with Gasteiger partial charge >= 0.3 is 5.97 Å². The number of carbonyl (C=O) groups excluding carboxylic acids is 2. The van der Waals surface area contributed by atoms with Gasteiger partial charge in [-0.25, -0.2) is 9.78 Å². The zero-order chi connectivity index (χ0) is 23.4. The number of rotatable bonds is 6. The van der Waals surface area contributed by atoms with E-state index < -0.39 is 17.8 Å². The van der Waals surface area contributed by atoms with Crippen molar-refractivity contribution in [3.63, 3.8) is 0 Å². The van der Waals surface area contributed by atoms with E-state index in [1.165, 1.54) is 25.2 Å². The second-order valence-electron chi connectivity index (χ2n) is 6.94. The van der Waals surface area contributed by atoms with E-state index in [0.29, 0.717) is 22.5 Å². The fourth-order valence-electron chi connectivity index (χ4n) is 3.11. The molecular weight excluding hydrogens is 410 g/mol. The summed E-state index contributed by atoms with van der Waals surface area (Å²) in [5, 5.41) is 22.3. The molecule has 162 valence electrons. The average molecular weight is 431 g/mol. The summed E-state index contributed by atoms with van der Waals surface area (Å²) in [5.74, 6) is -2.29. The Labute approximate surface area is 183 Å². The second kappa shape index (κ2) is 9.09. The van der Waals surface area contributed by atoms with Crippen molar-refractivity contribution in [2.24, 2.45) is 5.73 Å². The normalized spacial score (nSPS) is 10.3. The number of nitrogen functional groups attached to an aromatic ring is 1. The van der Waals surface area contributed by atoms with Gasteiger partial charge in [0, 0.05) is 35.1 Å². The molecule has 0 spiro atoms. The summed E-state index contributed by atoms with van der Waals surface area (Å²) in [6.45, 7) is 1.72. The quantitative estimate of drug-likeness (QED) is 0.298. The lowest BCUT2D eigenvalue weighted by atomic mass is 9.95. The third-order valence-electron chi connectivity index (χ3n) is 4.73. The zero-order valence-electron chi connectivity index (χ0n) is 17.4. The summed E-state index contributed by atoms with van der Waals surface area (Å²) in [5.41, 5.74) is 7.66. The molecule has 0 fully saturated rings. The van der Waals surface area contributed by atoms with Gasteiger partial charge < -0.3 is 21.5 Å². The minimum atomic E-state index is -1.24. The number of nitrogens with zero attached hydrogens (tertiary/aromatic N) is 1. The van der Waals surface area contributed by atoms with Gasteiger partial charge in [0.2, 0.25) is 0 Å². The van der Waals surface area contributed by atoms with Gasteiger partial charge in [-0.2, -0.15) is 0 Å². The summed E-state index contributed by atoms with van der Waals surface area (Å²) >= 11 is 0. The van der Waals surface area contributed by atoms with Crippen molar-refractivity contribution in [2.75, 3.05) is 12.4 Å². The molecule has 0 saturated heterocycles. The maximum absolute atomic E-state index is 13.0. The maximum atomic E-state index is 13.0. The average Bonchev–Trinajstić information content (AvgIpc) is 2.78. The number of carboxylic acids is 1. The third-order valence-corrected chi connectivity index (χ3v) is 4.73. The number of benzene rings is 2. The summed E-state index contributed by atoms with van der Waals surface area (Å²) in [6, 6.07) is 13.9. The van der Waals surface area contributed by atoms with Crippen LogP contribution < -0.4 is 16.4 Å². The standard InChI is InChI=1S/C23H21N5O4/c1-12-3-9-17(16-10-6-14(21(29)26-2)11-18(16)23(31)32)19(27-12)22(30)28-15-7-4-13(5-8-15)20(24)25/h3-11H,1-2H3,(H3,24,25)(H,26,29)(H,28,30)(H,31,32). The number of carboxylic acid groups (broad SMARTS) is 1. The zero-order valence-corrected chi connectivity index (χ0v) is 17.4. The first-order valence-electron chi connectivity index (χ1n) is 9.54. The van der Waals surface area contributed by atoms with Crippen LogP contribution in [0.4, 0.5) is 5.69 Å². The van der Waals surface area contributed by atoms with Gasteiger partial charge in [0.25, 0.3) is 11.8 Å². The van der Waals surface area contributed by atoms with E-state index in [-0.39, 0.29) is 28.2 Å². The van der Waals surface area contributed by atoms with Gasteiger partial charge in [-0.1, -0.05) is 12.1 Å². The molecule has 3 aromatic rings. The molecule has 0 unspecified atom stereocenters. The molecule has 2 aromatic carbocycles. The number of carbonyl (C=O) groups is 3. The van der Waals surface area contributed by atoms with Gasteiger partial charge in [0.1, 0.15) is 11.5 Å². The van der Waals surface area contributed by atoms with Crippen LogP contribution in [0.25, 0.3) is 11.1 Å². The fraction of sp³-hybridized carbons (Fsp3) is 0.0870. The van der Waals surface area contributed by atoms with E-state index in [4.69, 9.17) is 11.1 Å². The first kappa shape index (κ1) is 22.2. The van der Waals surface area contributed by atoms with Crippen LogP contribution in [0.3, 0.4) is 0 Å². The van der Waals surface area contributed by atoms with Crippen molar-refractivity contribution in [1.82, 2.24) is 10.3 Å². The molecule has 0 aliphatic carbocycles. The summed E-state index contributed by atoms with van der Waals surface area (Å²) < 4.78 is 0. The van der Waals surface area contributed by atoms with Crippen LogP contribution in [0.15, 0.2) is 54.6 Å². The maximum Gasteiger partial charge on any atom is 0.336 e. The highest BCUT2D eigenvalue weighted by molar-refractivity contribution is 6.10. The van der Waals surface area contributed by atoms with E-state index in [0.717, 1.165) is 0 Å². The number of nitrogens with two attached hydrogens (primary N) is 1. The molecule has 0 radical (unpaired) electrons. The largest absolute Gasteiger partial charge is 0.478 e. The Kier molecular flexibility index (Phi) is 6.29. The molecule has 9 heteroatoms. The topological polar surface area (TPSA) is 158 Å². The van der Waals surface area contributed by atoms with Crippen molar-refractivity contribution < 1.29 is 19.5 Å².